The Balaban J connectivity index is 2.88. The Hall–Kier alpha value is -1.36. The fourth-order valence-electron chi connectivity index (χ4n) is 0.926. The van der Waals surface area contributed by atoms with Gasteiger partial charge in [-0.2, -0.15) is 0 Å². The molecule has 1 rings (SSSR count). The largest absolute Gasteiger partial charge is 0.481 e. The highest BCUT2D eigenvalue weighted by Crippen LogP contribution is 2.24. The number of carboxylic acid groups (broad SMARTS) is 1. The summed E-state index contributed by atoms with van der Waals surface area (Å²) in [5.41, 5.74) is 0.403. The van der Waals surface area contributed by atoms with Crippen molar-refractivity contribution in [3.63, 3.8) is 0 Å². The van der Waals surface area contributed by atoms with Crippen LogP contribution in [-0.2, 0) is 9.53 Å². The maximum Gasteiger partial charge on any atom is 0.338 e. The number of methoxy groups -OCH3 is 1. The molecule has 1 N–H and O–H groups in total. The molecule has 5 heteroatoms. The van der Waals surface area contributed by atoms with Gasteiger partial charge in [0.05, 0.1) is 18.6 Å². The summed E-state index contributed by atoms with van der Waals surface area (Å²) in [6, 6.07) is 1.55. The summed E-state index contributed by atoms with van der Waals surface area (Å²) in [4.78, 5) is 22.3. The van der Waals surface area contributed by atoms with Crippen molar-refractivity contribution in [1.29, 1.82) is 0 Å². The third-order valence-corrected chi connectivity index (χ3v) is 2.95. The van der Waals surface area contributed by atoms with Crippen LogP contribution in [0.15, 0.2) is 11.4 Å². The van der Waals surface area contributed by atoms with Gasteiger partial charge in [-0.05, 0) is 13.0 Å². The molecule has 0 aliphatic heterocycles. The van der Waals surface area contributed by atoms with E-state index in [1.54, 1.807) is 18.4 Å². The fourth-order valence-corrected chi connectivity index (χ4v) is 1.85. The quantitative estimate of drug-likeness (QED) is 0.778. The van der Waals surface area contributed by atoms with Gasteiger partial charge < -0.3 is 9.84 Å². The lowest BCUT2D eigenvalue weighted by atomic mass is 10.1. The first-order valence-corrected chi connectivity index (χ1v) is 4.83. The Bertz CT molecular complexity index is 355. The maximum atomic E-state index is 11.1. The van der Waals surface area contributed by atoms with Crippen molar-refractivity contribution < 1.29 is 19.4 Å². The Morgan fingerprint density at radius 3 is 2.71 bits per heavy atom. The molecule has 1 atom stereocenters. The van der Waals surface area contributed by atoms with Crippen LogP contribution < -0.4 is 0 Å². The second-order valence-electron chi connectivity index (χ2n) is 2.79. The highest BCUT2D eigenvalue weighted by atomic mass is 32.1. The predicted octanol–water partition coefficient (Wildman–Crippen LogP) is 1.72. The molecule has 1 unspecified atom stereocenters. The monoisotopic (exact) mass is 214 g/mol. The second kappa shape index (κ2) is 4.23. The van der Waals surface area contributed by atoms with Gasteiger partial charge in [0, 0.05) is 10.3 Å². The van der Waals surface area contributed by atoms with Crippen molar-refractivity contribution in [2.45, 2.75) is 12.8 Å². The van der Waals surface area contributed by atoms with E-state index < -0.39 is 17.9 Å². The number of hydrogen-bond donors (Lipinski definition) is 1. The number of carboxylic acids is 1. The molecular formula is C9H10O4S. The van der Waals surface area contributed by atoms with Crippen LogP contribution >= 0.6 is 11.3 Å². The fraction of sp³-hybridized carbons (Fsp3) is 0.333. The molecule has 0 saturated heterocycles. The summed E-state index contributed by atoms with van der Waals surface area (Å²) in [6.45, 7) is 1.58. The predicted molar refractivity (Wildman–Crippen MR) is 51.7 cm³/mol. The van der Waals surface area contributed by atoms with E-state index in [-0.39, 0.29) is 0 Å². The number of carbonyl (C=O) groups excluding carboxylic acids is 1. The van der Waals surface area contributed by atoms with E-state index in [4.69, 9.17) is 5.11 Å². The van der Waals surface area contributed by atoms with Gasteiger partial charge in [0.1, 0.15) is 0 Å². The topological polar surface area (TPSA) is 63.6 Å². The van der Waals surface area contributed by atoms with E-state index in [0.717, 1.165) is 0 Å². The first-order chi connectivity index (χ1) is 6.56. The second-order valence-corrected chi connectivity index (χ2v) is 3.73. The van der Waals surface area contributed by atoms with Crippen molar-refractivity contribution in [2.75, 3.05) is 7.11 Å². The first-order valence-electron chi connectivity index (χ1n) is 3.95. The van der Waals surface area contributed by atoms with Crippen LogP contribution in [0.25, 0.3) is 0 Å². The molecule has 0 aromatic carbocycles. The van der Waals surface area contributed by atoms with Crippen LogP contribution in [0.5, 0.6) is 0 Å². The van der Waals surface area contributed by atoms with E-state index >= 15 is 0 Å². The molecule has 1 aromatic heterocycles. The standard InChI is InChI=1S/C9H10O4S/c1-5(8(10)11)7-3-6(4-14-7)9(12)13-2/h3-5H,1-2H3,(H,10,11). The SMILES string of the molecule is COC(=O)c1csc(C(C)C(=O)O)c1. The normalized spacial score (nSPS) is 12.1. The van der Waals surface area contributed by atoms with E-state index in [0.29, 0.717) is 10.4 Å². The molecule has 0 bridgehead atoms. The number of thiophene rings is 1. The lowest BCUT2D eigenvalue weighted by Crippen LogP contribution is -2.05. The summed E-state index contributed by atoms with van der Waals surface area (Å²) in [5.74, 6) is -1.92. The van der Waals surface area contributed by atoms with Crippen LogP contribution in [0.2, 0.25) is 0 Å². The van der Waals surface area contributed by atoms with Crippen LogP contribution in [0, 0.1) is 0 Å². The number of rotatable bonds is 3. The molecule has 14 heavy (non-hydrogen) atoms. The highest BCUT2D eigenvalue weighted by molar-refractivity contribution is 7.10. The highest BCUT2D eigenvalue weighted by Gasteiger charge is 2.17. The average molecular weight is 214 g/mol. The van der Waals surface area contributed by atoms with Crippen LogP contribution in [0.4, 0.5) is 0 Å². The van der Waals surface area contributed by atoms with Gasteiger partial charge >= 0.3 is 11.9 Å². The lowest BCUT2D eigenvalue weighted by molar-refractivity contribution is -0.138. The third kappa shape index (κ3) is 2.11. The molecule has 1 heterocycles. The average Bonchev–Trinajstić information content (AvgIpc) is 2.64. The lowest BCUT2D eigenvalue weighted by Gasteiger charge is -2.00. The van der Waals surface area contributed by atoms with Crippen LogP contribution in [0.1, 0.15) is 28.1 Å². The number of esters is 1. The minimum Gasteiger partial charge on any atom is -0.481 e. The van der Waals surface area contributed by atoms with E-state index in [9.17, 15) is 9.59 Å². The molecule has 76 valence electrons. The Kier molecular flexibility index (Phi) is 3.24. The molecule has 0 fully saturated rings. The van der Waals surface area contributed by atoms with E-state index in [1.807, 2.05) is 0 Å². The van der Waals surface area contributed by atoms with Gasteiger partial charge in [0.15, 0.2) is 0 Å². The zero-order valence-electron chi connectivity index (χ0n) is 7.81. The van der Waals surface area contributed by atoms with Gasteiger partial charge in [-0.3, -0.25) is 4.79 Å². The van der Waals surface area contributed by atoms with Crippen molar-refractivity contribution in [2.24, 2.45) is 0 Å². The summed E-state index contributed by atoms with van der Waals surface area (Å²) in [5, 5.41) is 10.3. The molecule has 4 nitrogen and oxygen atoms in total. The van der Waals surface area contributed by atoms with Gasteiger partial charge in [-0.25, -0.2) is 4.79 Å². The van der Waals surface area contributed by atoms with Gasteiger partial charge in [-0.15, -0.1) is 11.3 Å². The minimum atomic E-state index is -0.900. The summed E-state index contributed by atoms with van der Waals surface area (Å²) in [7, 11) is 1.29. The Labute approximate surface area is 85.1 Å². The Morgan fingerprint density at radius 1 is 1.57 bits per heavy atom. The number of hydrogen-bond acceptors (Lipinski definition) is 4. The Morgan fingerprint density at radius 2 is 2.21 bits per heavy atom. The summed E-state index contributed by atoms with van der Waals surface area (Å²) < 4.78 is 4.51. The summed E-state index contributed by atoms with van der Waals surface area (Å²) >= 11 is 1.25. The van der Waals surface area contributed by atoms with Crippen LogP contribution in [0.3, 0.4) is 0 Å². The molecule has 0 spiro atoms. The van der Waals surface area contributed by atoms with E-state index in [2.05, 4.69) is 4.74 Å². The zero-order chi connectivity index (χ0) is 10.7. The van der Waals surface area contributed by atoms with Gasteiger partial charge in [-0.1, -0.05) is 0 Å². The van der Waals surface area contributed by atoms with Crippen molar-refractivity contribution in [1.82, 2.24) is 0 Å². The van der Waals surface area contributed by atoms with E-state index in [1.165, 1.54) is 18.4 Å². The maximum absolute atomic E-state index is 11.1. The minimum absolute atomic E-state index is 0.403. The molecule has 0 radical (unpaired) electrons. The number of aliphatic carboxylic acids is 1. The number of carbonyl (C=O) groups is 2. The molecule has 1 aromatic rings. The molecule has 0 aliphatic carbocycles. The van der Waals surface area contributed by atoms with Crippen molar-refractivity contribution >= 4 is 23.3 Å². The molecule has 0 saturated carbocycles. The smallest absolute Gasteiger partial charge is 0.338 e. The van der Waals surface area contributed by atoms with Crippen molar-refractivity contribution in [3.8, 4) is 0 Å². The molecule has 0 aliphatic rings. The zero-order valence-corrected chi connectivity index (χ0v) is 8.63. The molecular weight excluding hydrogens is 204 g/mol. The van der Waals surface area contributed by atoms with Gasteiger partial charge in [0.2, 0.25) is 0 Å². The van der Waals surface area contributed by atoms with Crippen molar-refractivity contribution in [3.05, 3.63) is 21.9 Å². The van der Waals surface area contributed by atoms with Gasteiger partial charge in [0.25, 0.3) is 0 Å². The number of ether oxygens (including phenoxy) is 1. The third-order valence-electron chi connectivity index (χ3n) is 1.84. The first kappa shape index (κ1) is 10.7. The van der Waals surface area contributed by atoms with Crippen LogP contribution in [-0.4, -0.2) is 24.2 Å². The molecule has 0 amide bonds. The summed E-state index contributed by atoms with van der Waals surface area (Å²) in [6.07, 6.45) is 0.